The molecule has 0 saturated carbocycles. The molecule has 0 radical (unpaired) electrons. The Hall–Kier alpha value is 0.130. The van der Waals surface area contributed by atoms with Crippen LogP contribution in [0.15, 0.2) is 12.1 Å². The predicted octanol–water partition coefficient (Wildman–Crippen LogP) is 3.59. The summed E-state index contributed by atoms with van der Waals surface area (Å²) in [5.74, 6) is -0.142. The van der Waals surface area contributed by atoms with Gasteiger partial charge >= 0.3 is 0 Å². The van der Waals surface area contributed by atoms with Crippen molar-refractivity contribution in [2.24, 2.45) is 0 Å². The Morgan fingerprint density at radius 2 is 1.62 bits per heavy atom. The largest absolute Gasteiger partial charge is 0.489 e. The maximum absolute atomic E-state index is 10.6. The van der Waals surface area contributed by atoms with Gasteiger partial charge < -0.3 is 4.74 Å². The van der Waals surface area contributed by atoms with Gasteiger partial charge in [-0.1, -0.05) is 34.8 Å². The predicted molar refractivity (Wildman–Crippen MR) is 66.6 cm³/mol. The molecule has 0 aliphatic carbocycles. The highest BCUT2D eigenvalue weighted by Gasteiger charge is 2.11. The second-order valence-electron chi connectivity index (χ2n) is 2.79. The highest BCUT2D eigenvalue weighted by Crippen LogP contribution is 2.35. The number of rotatable bonds is 4. The van der Waals surface area contributed by atoms with Crippen molar-refractivity contribution in [3.63, 3.8) is 0 Å². The Balaban J connectivity index is 2.75. The van der Waals surface area contributed by atoms with Gasteiger partial charge in [0.05, 0.1) is 15.8 Å². The van der Waals surface area contributed by atoms with E-state index in [1.54, 1.807) is 0 Å². The van der Waals surface area contributed by atoms with Gasteiger partial charge in [-0.2, -0.15) is 0 Å². The summed E-state index contributed by atoms with van der Waals surface area (Å²) in [5, 5.41) is 0.793. The summed E-state index contributed by atoms with van der Waals surface area (Å²) in [7, 11) is 1.42. The molecule has 0 aromatic heterocycles. The van der Waals surface area contributed by atoms with Gasteiger partial charge in [0.2, 0.25) is 9.05 Å². The smallest absolute Gasteiger partial charge is 0.235 e. The molecule has 0 fully saturated rings. The number of benzene rings is 1. The molecule has 0 aliphatic heterocycles. The zero-order valence-electron chi connectivity index (χ0n) is 7.71. The van der Waals surface area contributed by atoms with E-state index in [2.05, 4.69) is 0 Å². The fourth-order valence-corrected chi connectivity index (χ4v) is 2.31. The summed E-state index contributed by atoms with van der Waals surface area (Å²) >= 11 is 17.3. The molecule has 0 spiro atoms. The first-order chi connectivity index (χ1) is 7.29. The Morgan fingerprint density at radius 3 is 2.06 bits per heavy atom. The summed E-state index contributed by atoms with van der Waals surface area (Å²) in [6, 6.07) is 2.89. The normalized spacial score (nSPS) is 11.5. The first-order valence-corrected chi connectivity index (χ1v) is 7.60. The van der Waals surface area contributed by atoms with Gasteiger partial charge in [-0.25, -0.2) is 8.42 Å². The highest BCUT2D eigenvalue weighted by atomic mass is 35.7. The lowest BCUT2D eigenvalue weighted by molar-refractivity contribution is 0.342. The van der Waals surface area contributed by atoms with Gasteiger partial charge in [0.25, 0.3) is 0 Å². The van der Waals surface area contributed by atoms with Gasteiger partial charge in [-0.05, 0) is 12.1 Å². The molecule has 1 rings (SSSR count). The topological polar surface area (TPSA) is 43.4 Å². The van der Waals surface area contributed by atoms with Crippen LogP contribution in [0.2, 0.25) is 15.1 Å². The van der Waals surface area contributed by atoms with Crippen LogP contribution in [0.25, 0.3) is 0 Å². The SMILES string of the molecule is O=S(=O)(Cl)CCOc1c(Cl)cc(Cl)cc1Cl. The number of halogens is 4. The third kappa shape index (κ3) is 4.55. The molecule has 0 aliphatic rings. The molecule has 0 saturated heterocycles. The third-order valence-corrected chi connectivity index (χ3v) is 3.43. The summed E-state index contributed by atoms with van der Waals surface area (Å²) in [5.41, 5.74) is 0. The van der Waals surface area contributed by atoms with E-state index in [1.165, 1.54) is 12.1 Å². The Kier molecular flexibility index (Phi) is 5.01. The third-order valence-electron chi connectivity index (χ3n) is 1.54. The zero-order chi connectivity index (χ0) is 12.3. The lowest BCUT2D eigenvalue weighted by Crippen LogP contribution is -2.09. The van der Waals surface area contributed by atoms with E-state index < -0.39 is 9.05 Å². The summed E-state index contributed by atoms with van der Waals surface area (Å²) < 4.78 is 26.4. The average molecular weight is 324 g/mol. The fourth-order valence-electron chi connectivity index (χ4n) is 0.910. The number of ether oxygens (including phenoxy) is 1. The fraction of sp³-hybridized carbons (Fsp3) is 0.250. The van der Waals surface area contributed by atoms with Gasteiger partial charge in [0.15, 0.2) is 5.75 Å². The van der Waals surface area contributed by atoms with Crippen molar-refractivity contribution in [3.8, 4) is 5.75 Å². The van der Waals surface area contributed by atoms with E-state index in [4.69, 9.17) is 50.2 Å². The lowest BCUT2D eigenvalue weighted by Gasteiger charge is -2.09. The van der Waals surface area contributed by atoms with Crippen molar-refractivity contribution in [3.05, 3.63) is 27.2 Å². The van der Waals surface area contributed by atoms with E-state index >= 15 is 0 Å². The molecule has 0 N–H and O–H groups in total. The molecule has 1 aromatic carbocycles. The van der Waals surface area contributed by atoms with Crippen molar-refractivity contribution >= 4 is 54.5 Å². The number of hydrogen-bond acceptors (Lipinski definition) is 3. The van der Waals surface area contributed by atoms with Crippen LogP contribution < -0.4 is 4.74 Å². The van der Waals surface area contributed by atoms with Gasteiger partial charge in [-0.3, -0.25) is 0 Å². The Bertz CT molecular complexity index is 463. The maximum Gasteiger partial charge on any atom is 0.235 e. The van der Waals surface area contributed by atoms with Crippen LogP contribution in [0.1, 0.15) is 0 Å². The molecular formula is C8H6Cl4O3S. The standard InChI is InChI=1S/C8H6Cl4O3S/c9-5-3-6(10)8(7(11)4-5)15-1-2-16(12,13)14/h3-4H,1-2H2. The van der Waals surface area contributed by atoms with Crippen LogP contribution in [0.3, 0.4) is 0 Å². The van der Waals surface area contributed by atoms with Crippen molar-refractivity contribution in [1.29, 1.82) is 0 Å². The molecule has 3 nitrogen and oxygen atoms in total. The van der Waals surface area contributed by atoms with Crippen LogP contribution in [-0.4, -0.2) is 20.8 Å². The van der Waals surface area contributed by atoms with Crippen LogP contribution in [0.5, 0.6) is 5.75 Å². The van der Waals surface area contributed by atoms with E-state index in [9.17, 15) is 8.42 Å². The molecule has 0 atom stereocenters. The molecule has 90 valence electrons. The summed E-state index contributed by atoms with van der Waals surface area (Å²) in [6.07, 6.45) is 0. The first kappa shape index (κ1) is 14.2. The van der Waals surface area contributed by atoms with Crippen LogP contribution in [0.4, 0.5) is 0 Å². The van der Waals surface area contributed by atoms with Gasteiger partial charge in [0, 0.05) is 15.7 Å². The highest BCUT2D eigenvalue weighted by molar-refractivity contribution is 8.13. The molecule has 0 amide bonds. The van der Waals surface area contributed by atoms with Crippen molar-refractivity contribution in [2.45, 2.75) is 0 Å². The van der Waals surface area contributed by atoms with E-state index in [0.717, 1.165) is 0 Å². The molecule has 0 heterocycles. The van der Waals surface area contributed by atoms with Crippen molar-refractivity contribution < 1.29 is 13.2 Å². The van der Waals surface area contributed by atoms with E-state index in [1.807, 2.05) is 0 Å². The average Bonchev–Trinajstić information content (AvgIpc) is 2.07. The summed E-state index contributed by atoms with van der Waals surface area (Å²) in [6.45, 7) is -0.132. The minimum Gasteiger partial charge on any atom is -0.489 e. The van der Waals surface area contributed by atoms with Crippen LogP contribution in [0, 0.1) is 0 Å². The van der Waals surface area contributed by atoms with Gasteiger partial charge in [-0.15, -0.1) is 0 Å². The maximum atomic E-state index is 10.6. The second kappa shape index (κ2) is 5.65. The minimum atomic E-state index is -3.59. The molecule has 8 heteroatoms. The number of hydrogen-bond donors (Lipinski definition) is 0. The van der Waals surface area contributed by atoms with E-state index in [-0.39, 0.29) is 28.2 Å². The molecular weight excluding hydrogens is 318 g/mol. The first-order valence-electron chi connectivity index (χ1n) is 3.99. The quantitative estimate of drug-likeness (QED) is 0.795. The zero-order valence-corrected chi connectivity index (χ0v) is 11.6. The molecule has 0 unspecified atom stereocenters. The van der Waals surface area contributed by atoms with E-state index in [0.29, 0.717) is 5.02 Å². The van der Waals surface area contributed by atoms with Gasteiger partial charge in [0.1, 0.15) is 6.61 Å². The second-order valence-corrected chi connectivity index (χ2v) is 6.94. The summed E-state index contributed by atoms with van der Waals surface area (Å²) in [4.78, 5) is 0. The van der Waals surface area contributed by atoms with Crippen LogP contribution in [-0.2, 0) is 9.05 Å². The Morgan fingerprint density at radius 1 is 1.12 bits per heavy atom. The minimum absolute atomic E-state index is 0.132. The van der Waals surface area contributed by atoms with Crippen molar-refractivity contribution in [2.75, 3.05) is 12.4 Å². The lowest BCUT2D eigenvalue weighted by atomic mass is 10.3. The molecule has 1 aromatic rings. The van der Waals surface area contributed by atoms with Crippen molar-refractivity contribution in [1.82, 2.24) is 0 Å². The molecule has 0 bridgehead atoms. The Labute approximate surface area is 113 Å². The molecule has 16 heavy (non-hydrogen) atoms. The van der Waals surface area contributed by atoms with Crippen LogP contribution >= 0.6 is 45.5 Å². The monoisotopic (exact) mass is 322 g/mol.